The van der Waals surface area contributed by atoms with Crippen LogP contribution in [0.1, 0.15) is 30.9 Å². The number of amidine groups is 1. The van der Waals surface area contributed by atoms with E-state index in [4.69, 9.17) is 15.7 Å². The maximum Gasteiger partial charge on any atom is 0.252 e. The van der Waals surface area contributed by atoms with Crippen LogP contribution in [0.15, 0.2) is 29.4 Å². The van der Waals surface area contributed by atoms with E-state index in [1.54, 1.807) is 18.2 Å². The standard InChI is InChI=1S/C14H19N3O3/c1-14(6-3-7-20-14)13(18)16-9-10-4-2-5-11(8-10)12(15)17-19/h2,4-5,8,19H,3,6-7,9H2,1H3,(H2,15,17)(H,16,18). The summed E-state index contributed by atoms with van der Waals surface area (Å²) in [5.41, 5.74) is 6.31. The number of hydrogen-bond donors (Lipinski definition) is 3. The minimum absolute atomic E-state index is 0.0456. The highest BCUT2D eigenvalue weighted by molar-refractivity contribution is 5.97. The van der Waals surface area contributed by atoms with Crippen LogP contribution in [-0.2, 0) is 16.1 Å². The van der Waals surface area contributed by atoms with Crippen molar-refractivity contribution in [3.8, 4) is 0 Å². The van der Waals surface area contributed by atoms with Crippen molar-refractivity contribution in [3.63, 3.8) is 0 Å². The minimum atomic E-state index is -0.719. The molecular formula is C14H19N3O3. The molecule has 0 bridgehead atoms. The van der Waals surface area contributed by atoms with Gasteiger partial charge >= 0.3 is 0 Å². The number of nitrogens with one attached hydrogen (secondary N) is 1. The average Bonchev–Trinajstić information content (AvgIpc) is 2.92. The SMILES string of the molecule is CC1(C(=O)NCc2cccc(/C(N)=N/O)c2)CCCO1. The van der Waals surface area contributed by atoms with Gasteiger partial charge in [0.1, 0.15) is 5.60 Å². The molecule has 1 unspecified atom stereocenters. The Bertz CT molecular complexity index is 522. The number of ether oxygens (including phenoxy) is 1. The molecule has 20 heavy (non-hydrogen) atoms. The van der Waals surface area contributed by atoms with Crippen LogP contribution in [0.4, 0.5) is 0 Å². The number of hydrogen-bond acceptors (Lipinski definition) is 4. The Labute approximate surface area is 117 Å². The second-order valence-corrected chi connectivity index (χ2v) is 5.05. The number of rotatable bonds is 4. The number of nitrogens with zero attached hydrogens (tertiary/aromatic N) is 1. The van der Waals surface area contributed by atoms with E-state index in [0.29, 0.717) is 18.7 Å². The van der Waals surface area contributed by atoms with Gasteiger partial charge in [0.2, 0.25) is 0 Å². The van der Waals surface area contributed by atoms with Crippen molar-refractivity contribution in [2.45, 2.75) is 31.9 Å². The zero-order valence-corrected chi connectivity index (χ0v) is 11.4. The van der Waals surface area contributed by atoms with Crippen LogP contribution < -0.4 is 11.1 Å². The molecule has 1 atom stereocenters. The molecule has 1 aliphatic rings. The van der Waals surface area contributed by atoms with Crippen molar-refractivity contribution in [3.05, 3.63) is 35.4 Å². The van der Waals surface area contributed by atoms with Gasteiger partial charge in [0.05, 0.1) is 0 Å². The van der Waals surface area contributed by atoms with E-state index in [2.05, 4.69) is 10.5 Å². The Balaban J connectivity index is 1.99. The summed E-state index contributed by atoms with van der Waals surface area (Å²) in [6, 6.07) is 7.17. The van der Waals surface area contributed by atoms with Gasteiger partial charge in [0, 0.05) is 18.7 Å². The molecule has 2 rings (SSSR count). The van der Waals surface area contributed by atoms with Gasteiger partial charge in [0.15, 0.2) is 5.84 Å². The predicted molar refractivity (Wildman–Crippen MR) is 74.4 cm³/mol. The smallest absolute Gasteiger partial charge is 0.252 e. The summed E-state index contributed by atoms with van der Waals surface area (Å²) in [6.07, 6.45) is 1.64. The number of carbonyl (C=O) groups excluding carboxylic acids is 1. The van der Waals surface area contributed by atoms with Crippen LogP contribution in [0.5, 0.6) is 0 Å². The van der Waals surface area contributed by atoms with E-state index < -0.39 is 5.60 Å². The molecule has 108 valence electrons. The minimum Gasteiger partial charge on any atom is -0.409 e. The monoisotopic (exact) mass is 277 g/mol. The van der Waals surface area contributed by atoms with Gasteiger partial charge in [-0.1, -0.05) is 23.4 Å². The predicted octanol–water partition coefficient (Wildman–Crippen LogP) is 0.966. The fourth-order valence-electron chi connectivity index (χ4n) is 2.23. The first-order valence-electron chi connectivity index (χ1n) is 6.54. The lowest BCUT2D eigenvalue weighted by Gasteiger charge is -2.21. The molecular weight excluding hydrogens is 258 g/mol. The second kappa shape index (κ2) is 5.92. The molecule has 0 aromatic heterocycles. The summed E-state index contributed by atoms with van der Waals surface area (Å²) in [7, 11) is 0. The van der Waals surface area contributed by atoms with E-state index in [0.717, 1.165) is 18.4 Å². The van der Waals surface area contributed by atoms with Gasteiger partial charge in [-0.05, 0) is 31.4 Å². The summed E-state index contributed by atoms with van der Waals surface area (Å²) >= 11 is 0. The van der Waals surface area contributed by atoms with E-state index in [-0.39, 0.29) is 11.7 Å². The van der Waals surface area contributed by atoms with Crippen LogP contribution in [0.25, 0.3) is 0 Å². The van der Waals surface area contributed by atoms with Crippen LogP contribution in [0.3, 0.4) is 0 Å². The first-order valence-corrected chi connectivity index (χ1v) is 6.54. The van der Waals surface area contributed by atoms with Crippen molar-refractivity contribution < 1.29 is 14.7 Å². The molecule has 6 heteroatoms. The summed E-state index contributed by atoms with van der Waals surface area (Å²) < 4.78 is 5.49. The normalized spacial score (nSPS) is 22.8. The lowest BCUT2D eigenvalue weighted by atomic mass is 10.0. The lowest BCUT2D eigenvalue weighted by Crippen LogP contribution is -2.43. The number of oxime groups is 1. The topological polar surface area (TPSA) is 96.9 Å². The molecule has 1 amide bonds. The summed E-state index contributed by atoms with van der Waals surface area (Å²) in [6.45, 7) is 2.81. The van der Waals surface area contributed by atoms with Gasteiger partial charge in [-0.2, -0.15) is 0 Å². The number of nitrogens with two attached hydrogens (primary N) is 1. The Kier molecular flexibility index (Phi) is 4.24. The van der Waals surface area contributed by atoms with Gasteiger partial charge in [-0.25, -0.2) is 0 Å². The fourth-order valence-corrected chi connectivity index (χ4v) is 2.23. The third-order valence-corrected chi connectivity index (χ3v) is 3.48. The highest BCUT2D eigenvalue weighted by atomic mass is 16.5. The molecule has 1 aromatic rings. The van der Waals surface area contributed by atoms with E-state index in [1.165, 1.54) is 0 Å². The number of benzene rings is 1. The summed E-state index contributed by atoms with van der Waals surface area (Å²) in [5.74, 6) is -0.0616. The summed E-state index contributed by atoms with van der Waals surface area (Å²) in [4.78, 5) is 12.1. The quantitative estimate of drug-likeness (QED) is 0.330. The van der Waals surface area contributed by atoms with Crippen LogP contribution >= 0.6 is 0 Å². The highest BCUT2D eigenvalue weighted by Gasteiger charge is 2.37. The first-order chi connectivity index (χ1) is 9.55. The van der Waals surface area contributed by atoms with Gasteiger partial charge in [-0.3, -0.25) is 4.79 Å². The third-order valence-electron chi connectivity index (χ3n) is 3.48. The van der Waals surface area contributed by atoms with E-state index >= 15 is 0 Å². The number of amides is 1. The van der Waals surface area contributed by atoms with Crippen molar-refractivity contribution in [1.29, 1.82) is 0 Å². The molecule has 1 heterocycles. The molecule has 0 radical (unpaired) electrons. The Morgan fingerprint density at radius 3 is 3.05 bits per heavy atom. The Morgan fingerprint density at radius 1 is 1.60 bits per heavy atom. The zero-order valence-electron chi connectivity index (χ0n) is 11.4. The number of carbonyl (C=O) groups is 1. The van der Waals surface area contributed by atoms with Gasteiger partial charge in [0.25, 0.3) is 5.91 Å². The Morgan fingerprint density at radius 2 is 2.40 bits per heavy atom. The average molecular weight is 277 g/mol. The molecule has 0 spiro atoms. The molecule has 0 aliphatic carbocycles. The van der Waals surface area contributed by atoms with E-state index in [1.807, 2.05) is 13.0 Å². The molecule has 4 N–H and O–H groups in total. The molecule has 0 saturated carbocycles. The van der Waals surface area contributed by atoms with Crippen molar-refractivity contribution in [1.82, 2.24) is 5.32 Å². The molecule has 1 aliphatic heterocycles. The lowest BCUT2D eigenvalue weighted by molar-refractivity contribution is -0.139. The maximum absolute atomic E-state index is 12.1. The van der Waals surface area contributed by atoms with Crippen molar-refractivity contribution >= 4 is 11.7 Å². The van der Waals surface area contributed by atoms with E-state index in [9.17, 15) is 4.79 Å². The second-order valence-electron chi connectivity index (χ2n) is 5.05. The molecule has 1 fully saturated rings. The van der Waals surface area contributed by atoms with Crippen LogP contribution in [0, 0.1) is 0 Å². The fraction of sp³-hybridized carbons (Fsp3) is 0.429. The maximum atomic E-state index is 12.1. The molecule has 1 saturated heterocycles. The molecule has 1 aromatic carbocycles. The van der Waals surface area contributed by atoms with Gasteiger partial charge in [-0.15, -0.1) is 0 Å². The van der Waals surface area contributed by atoms with Crippen LogP contribution in [-0.4, -0.2) is 29.2 Å². The van der Waals surface area contributed by atoms with Crippen molar-refractivity contribution in [2.75, 3.05) is 6.61 Å². The third kappa shape index (κ3) is 3.08. The molecule has 6 nitrogen and oxygen atoms in total. The Hall–Kier alpha value is -2.08. The highest BCUT2D eigenvalue weighted by Crippen LogP contribution is 2.25. The first kappa shape index (κ1) is 14.3. The van der Waals surface area contributed by atoms with Gasteiger partial charge < -0.3 is 21.0 Å². The van der Waals surface area contributed by atoms with Crippen molar-refractivity contribution in [2.24, 2.45) is 10.9 Å². The largest absolute Gasteiger partial charge is 0.409 e. The summed E-state index contributed by atoms with van der Waals surface area (Å²) in [5, 5.41) is 14.5. The van der Waals surface area contributed by atoms with Crippen LogP contribution in [0.2, 0.25) is 0 Å². The zero-order chi connectivity index (χ0) is 14.6.